The zero-order valence-corrected chi connectivity index (χ0v) is 89.9. The van der Waals surface area contributed by atoms with Crippen LogP contribution in [-0.4, -0.2) is 450 Å². The number of hydrogen-bond acceptors (Lipinski definition) is 24. The van der Waals surface area contributed by atoms with Crippen molar-refractivity contribution in [1.29, 1.82) is 0 Å². The van der Waals surface area contributed by atoms with Gasteiger partial charge in [0.05, 0.1) is 64.5 Å². The molecule has 0 amide bonds. The fourth-order valence-electron chi connectivity index (χ4n) is 17.6. The van der Waals surface area contributed by atoms with Gasteiger partial charge in [0.15, 0.2) is 5.79 Å². The third kappa shape index (κ3) is 63.3. The van der Waals surface area contributed by atoms with Gasteiger partial charge in [0.1, 0.15) is 0 Å². The van der Waals surface area contributed by atoms with Gasteiger partial charge in [0.2, 0.25) is 0 Å². The molecule has 0 spiro atoms. The molecule has 0 aromatic rings. The molecule has 2 unspecified atom stereocenters. The van der Waals surface area contributed by atoms with Crippen molar-refractivity contribution in [2.45, 2.75) is 434 Å². The van der Waals surface area contributed by atoms with Crippen molar-refractivity contribution in [2.24, 2.45) is 5.92 Å². The van der Waals surface area contributed by atoms with Crippen molar-refractivity contribution in [3.05, 3.63) is 0 Å². The first-order valence-corrected chi connectivity index (χ1v) is 50.3. The molecule has 5 rings (SSSR count). The van der Waals surface area contributed by atoms with Crippen LogP contribution in [0.25, 0.3) is 0 Å². The van der Waals surface area contributed by atoms with Gasteiger partial charge in [-0.15, -0.1) is 0 Å². The zero-order chi connectivity index (χ0) is 96.3. The van der Waals surface area contributed by atoms with Gasteiger partial charge in [0, 0.05) is 233 Å². The summed E-state index contributed by atoms with van der Waals surface area (Å²) in [5.74, 6) is -0.408. The van der Waals surface area contributed by atoms with Crippen molar-refractivity contribution in [3.8, 4) is 0 Å². The van der Waals surface area contributed by atoms with Crippen LogP contribution in [0.1, 0.15) is 302 Å². The highest BCUT2D eigenvalue weighted by atomic mass is 16.7. The zero-order valence-electron chi connectivity index (χ0n) is 89.9. The van der Waals surface area contributed by atoms with E-state index in [1.165, 1.54) is 117 Å². The lowest BCUT2D eigenvalue weighted by Gasteiger charge is -2.36. The van der Waals surface area contributed by atoms with Gasteiger partial charge in [-0.3, -0.25) is 58.8 Å². The number of nitrogens with zero attached hydrogens (tertiary/aromatic N) is 14. The number of hydrogen-bond donors (Lipinski definition) is 6. The lowest BCUT2D eigenvalue weighted by atomic mass is 10.1. The average molecular weight is 1780 g/mol. The minimum atomic E-state index is -0.399. The molecule has 0 saturated carbocycles. The van der Waals surface area contributed by atoms with Crippen LogP contribution in [0.15, 0.2) is 0 Å². The average Bonchev–Trinajstić information content (AvgIpc) is 1.68. The number of ether oxygens (including phenoxy) is 4. The van der Waals surface area contributed by atoms with Gasteiger partial charge in [-0.05, 0) is 355 Å². The predicted octanol–water partition coefficient (Wildman–Crippen LogP) is 13.6. The van der Waals surface area contributed by atoms with E-state index in [1.54, 1.807) is 0 Å². The summed E-state index contributed by atoms with van der Waals surface area (Å²) in [5, 5.41) is 53.7. The molecule has 0 bridgehead atoms. The Hall–Kier alpha value is -0.960. The quantitative estimate of drug-likeness (QED) is 0.0335. The molecule has 5 fully saturated rings. The second-order valence-electron chi connectivity index (χ2n) is 41.4. The second-order valence-corrected chi connectivity index (χ2v) is 41.4. The standard InChI is InChI=1S/C12H28N2O2.C12H26N2O.C12H26N2.C12H25NO2.C11H24N2.C11H26N2.C11H23NO.C10H23NO2.C9H21NO2/c1-11(2)14(12(3)4)6-5-13(7-9-15)8-10-16;1-11(2)14(12(3)4)6-5-13-7-9-15-10-8-13;1-11(2)14(12(3)4)10-9-13-7-5-6-8-13;1-9(2)13(10(3)4)7-11-8-14-12(5,6)15-11;1-10(2)12-6-5-7-13(9-8-12)11(3)4;1-10(2)13(11(3)4)9-7-8-12(5)6;1-9(2)12(10(3)4)8-11-6-5-7-13-11;1-8(2)11(9(3)4)5-10(6-12)7-13;1-7(2)10(8(3)4)9(5-11)6-12/h11-12,15-16H,5-10H2,1-4H3;11-12H,5-10H2,1-4H3;11-12H,5-10H2,1-4H3;9-11H,7-8H2,1-6H3;10-11H,5-9H2,1-4H3;10-11H,7-9H2,1-6H3;9-11H,5-8H2,1-4H3;8-10,12-13H,5-7H2,1-4H3;7-9,11-12H,5-6H2,1-4H3. The summed E-state index contributed by atoms with van der Waals surface area (Å²) in [5.41, 5.74) is 0. The fourth-order valence-corrected chi connectivity index (χ4v) is 17.6. The molecule has 24 heteroatoms. The van der Waals surface area contributed by atoms with Crippen LogP contribution < -0.4 is 0 Å². The van der Waals surface area contributed by atoms with E-state index in [0.717, 1.165) is 65.6 Å². The molecule has 5 aliphatic rings. The largest absolute Gasteiger partial charge is 0.396 e. The normalized spacial score (nSPS) is 17.9. The maximum Gasteiger partial charge on any atom is 0.163 e. The fraction of sp³-hybridized carbons (Fsp3) is 1.00. The summed E-state index contributed by atoms with van der Waals surface area (Å²) in [7, 11) is 4.27. The molecule has 5 heterocycles. The van der Waals surface area contributed by atoms with Crippen molar-refractivity contribution in [3.63, 3.8) is 0 Å². The minimum Gasteiger partial charge on any atom is -0.396 e. The van der Waals surface area contributed by atoms with E-state index in [2.05, 4.69) is 332 Å². The molecule has 752 valence electrons. The lowest BCUT2D eigenvalue weighted by molar-refractivity contribution is -0.141. The Balaban J connectivity index is -0.000000654. The minimum absolute atomic E-state index is 0.00944. The van der Waals surface area contributed by atoms with Crippen LogP contribution in [0, 0.1) is 5.92 Å². The van der Waals surface area contributed by atoms with E-state index in [9.17, 15) is 0 Å². The van der Waals surface area contributed by atoms with Gasteiger partial charge >= 0.3 is 0 Å². The van der Waals surface area contributed by atoms with E-state index < -0.39 is 5.79 Å². The summed E-state index contributed by atoms with van der Waals surface area (Å²) < 4.78 is 22.4. The Labute approximate surface area is 772 Å². The van der Waals surface area contributed by atoms with E-state index in [0.29, 0.717) is 135 Å². The first kappa shape index (κ1) is 129. The van der Waals surface area contributed by atoms with Crippen molar-refractivity contribution >= 4 is 0 Å². The van der Waals surface area contributed by atoms with Crippen LogP contribution >= 0.6 is 0 Å². The summed E-state index contributed by atoms with van der Waals surface area (Å²) >= 11 is 0. The Morgan fingerprint density at radius 1 is 0.339 bits per heavy atom. The van der Waals surface area contributed by atoms with Gasteiger partial charge in [-0.2, -0.15) is 0 Å². The van der Waals surface area contributed by atoms with Gasteiger partial charge < -0.3 is 59.4 Å². The Kier molecular flexibility index (Phi) is 78.6. The van der Waals surface area contributed by atoms with Crippen LogP contribution in [0.5, 0.6) is 0 Å². The van der Waals surface area contributed by atoms with Gasteiger partial charge in [-0.1, -0.05) is 0 Å². The summed E-state index contributed by atoms with van der Waals surface area (Å²) in [6.45, 7) is 111. The number of morpholine rings is 1. The maximum absolute atomic E-state index is 8.99. The lowest BCUT2D eigenvalue weighted by Crippen LogP contribution is -2.48. The van der Waals surface area contributed by atoms with Gasteiger partial charge in [-0.25, -0.2) is 0 Å². The van der Waals surface area contributed by atoms with E-state index >= 15 is 0 Å². The molecular weight excluding hydrogens is 1560 g/mol. The molecule has 0 aromatic carbocycles. The summed E-state index contributed by atoms with van der Waals surface area (Å²) in [6, 6.07) is 10.4. The smallest absolute Gasteiger partial charge is 0.163 e. The van der Waals surface area contributed by atoms with Crippen molar-refractivity contribution in [1.82, 2.24) is 68.6 Å². The molecule has 5 aliphatic heterocycles. The molecule has 2 atom stereocenters. The van der Waals surface area contributed by atoms with Gasteiger partial charge in [0.25, 0.3) is 0 Å². The Morgan fingerprint density at radius 3 is 0.984 bits per heavy atom. The third-order valence-corrected chi connectivity index (χ3v) is 24.4. The van der Waals surface area contributed by atoms with Crippen LogP contribution in [0.2, 0.25) is 0 Å². The topological polar surface area (TPSA) is 204 Å². The van der Waals surface area contributed by atoms with E-state index in [4.69, 9.17) is 49.6 Å². The van der Waals surface area contributed by atoms with E-state index in [-0.39, 0.29) is 57.7 Å². The molecule has 0 aromatic heterocycles. The molecule has 6 N–H and O–H groups in total. The van der Waals surface area contributed by atoms with Crippen LogP contribution in [0.3, 0.4) is 0 Å². The molecule has 24 nitrogen and oxygen atoms in total. The highest BCUT2D eigenvalue weighted by Gasteiger charge is 2.35. The number of aliphatic hydroxyl groups excluding tert-OH is 6. The molecule has 0 aliphatic carbocycles. The van der Waals surface area contributed by atoms with E-state index in [1.807, 2.05) is 13.8 Å². The molecule has 124 heavy (non-hydrogen) atoms. The monoisotopic (exact) mass is 1780 g/mol. The van der Waals surface area contributed by atoms with Crippen LogP contribution in [-0.2, 0) is 18.9 Å². The van der Waals surface area contributed by atoms with Crippen LogP contribution in [0.4, 0.5) is 0 Å². The SMILES string of the molecule is CC(C)N(C(C)C)C(CO)CO.CC(C)N(CC(CO)CO)C(C)C.CC(C)N(CC1CCCO1)C(C)C.CC(C)N(CC1COC(C)(C)O1)C(C)C.CC(C)N(CCCN(C)C)C(C)C.CC(C)N(CCN(CCO)CCO)C(C)C.CC(C)N(CCN1CCCC1)C(C)C.CC(C)N(CCN1CCOCC1)C(C)C.CC(C)N1CCCN(C(C)C)CC1. The van der Waals surface area contributed by atoms with Crippen molar-refractivity contribution < 1.29 is 49.6 Å². The number of rotatable bonds is 46. The molecule has 5 saturated heterocycles. The highest BCUT2D eigenvalue weighted by Crippen LogP contribution is 2.25. The number of likely N-dealkylation sites (tertiary alicyclic amines) is 1. The number of aliphatic hydroxyl groups is 6. The maximum atomic E-state index is 8.99. The Morgan fingerprint density at radius 2 is 0.694 bits per heavy atom. The molecular formula is C100H222N14O10. The summed E-state index contributed by atoms with van der Waals surface area (Å²) in [6.07, 6.45) is 8.60. The predicted molar refractivity (Wildman–Crippen MR) is 535 cm³/mol. The Bertz CT molecular complexity index is 2190. The second kappa shape index (κ2) is 75.4. The highest BCUT2D eigenvalue weighted by molar-refractivity contribution is 4.82. The third-order valence-electron chi connectivity index (χ3n) is 24.4. The first-order valence-electron chi connectivity index (χ1n) is 50.3. The summed E-state index contributed by atoms with van der Waals surface area (Å²) in [4.78, 5) is 34.0. The first-order chi connectivity index (χ1) is 57.8. The van der Waals surface area contributed by atoms with Crippen molar-refractivity contribution in [2.75, 3.05) is 218 Å². The molecule has 0 radical (unpaired) electrons.